The number of hydrogen-bond donors (Lipinski definition) is 2. The Bertz CT molecular complexity index is 971. The van der Waals surface area contributed by atoms with Crippen molar-refractivity contribution in [2.45, 2.75) is 50.3 Å². The molecule has 7 nitrogen and oxygen atoms in total. The number of sulfonamides is 1. The van der Waals surface area contributed by atoms with Crippen LogP contribution in [-0.4, -0.2) is 44.6 Å². The van der Waals surface area contributed by atoms with Crippen molar-refractivity contribution in [2.24, 2.45) is 0 Å². The molecule has 1 aromatic heterocycles. The first kappa shape index (κ1) is 20.1. The second-order valence-electron chi connectivity index (χ2n) is 7.85. The highest BCUT2D eigenvalue weighted by molar-refractivity contribution is 7.89. The van der Waals surface area contributed by atoms with Crippen LogP contribution in [0.1, 0.15) is 42.5 Å². The summed E-state index contributed by atoms with van der Waals surface area (Å²) >= 11 is 0. The smallest absolute Gasteiger partial charge is 0.240 e. The molecule has 1 saturated heterocycles. The summed E-state index contributed by atoms with van der Waals surface area (Å²) in [6.07, 6.45) is 6.70. The number of hydrogen-bond acceptors (Lipinski definition) is 6. The molecule has 0 radical (unpaired) electrons. The van der Waals surface area contributed by atoms with Crippen LogP contribution in [0.25, 0.3) is 0 Å². The van der Waals surface area contributed by atoms with Gasteiger partial charge in [-0.15, -0.1) is 0 Å². The monoisotopic (exact) mass is 415 g/mol. The highest BCUT2D eigenvalue weighted by atomic mass is 32.2. The fraction of sp³-hybridized carbons (Fsp3) is 0.524. The maximum absolute atomic E-state index is 12.6. The molecule has 2 N–H and O–H groups in total. The maximum Gasteiger partial charge on any atom is 0.240 e. The van der Waals surface area contributed by atoms with E-state index in [0.717, 1.165) is 43.9 Å². The van der Waals surface area contributed by atoms with Gasteiger partial charge in [-0.2, -0.15) is 4.98 Å². The Kier molecular flexibility index (Phi) is 6.01. The lowest BCUT2D eigenvalue weighted by Gasteiger charge is -2.18. The van der Waals surface area contributed by atoms with E-state index < -0.39 is 10.0 Å². The normalized spacial score (nSPS) is 16.7. The van der Waals surface area contributed by atoms with E-state index in [2.05, 4.69) is 24.9 Å². The molecule has 4 rings (SSSR count). The van der Waals surface area contributed by atoms with Crippen molar-refractivity contribution in [1.29, 1.82) is 0 Å². The summed E-state index contributed by atoms with van der Waals surface area (Å²) in [6, 6.07) is 7.50. The van der Waals surface area contributed by atoms with Crippen LogP contribution in [0, 0.1) is 6.92 Å². The SMILES string of the molecule is Cc1cc(N2CCCC2)nc(NCCNS(=O)(=O)c2ccc3c(c2)CCCC3)n1. The Morgan fingerprint density at radius 2 is 1.72 bits per heavy atom. The minimum atomic E-state index is -3.52. The molecular weight excluding hydrogens is 386 g/mol. The molecule has 8 heteroatoms. The van der Waals surface area contributed by atoms with Gasteiger partial charge in [0, 0.05) is 37.9 Å². The molecule has 1 aliphatic heterocycles. The van der Waals surface area contributed by atoms with Gasteiger partial charge in [-0.25, -0.2) is 18.1 Å². The van der Waals surface area contributed by atoms with Crippen molar-refractivity contribution in [2.75, 3.05) is 36.4 Å². The van der Waals surface area contributed by atoms with Crippen LogP contribution in [0.4, 0.5) is 11.8 Å². The Hall–Kier alpha value is -2.19. The van der Waals surface area contributed by atoms with E-state index >= 15 is 0 Å². The standard InChI is InChI=1S/C21H29N5O2S/c1-16-14-20(26-12-4-5-13-26)25-21(24-16)22-10-11-23-29(27,28)19-9-8-17-6-2-3-7-18(17)15-19/h8-9,14-15,23H,2-7,10-13H2,1H3,(H,22,24,25). The van der Waals surface area contributed by atoms with Crippen molar-refractivity contribution in [3.63, 3.8) is 0 Å². The zero-order valence-electron chi connectivity index (χ0n) is 16.9. The molecule has 0 unspecified atom stereocenters. The molecule has 2 heterocycles. The number of benzene rings is 1. The highest BCUT2D eigenvalue weighted by Crippen LogP contribution is 2.24. The number of fused-ring (bicyclic) bond motifs is 1. The summed E-state index contributed by atoms with van der Waals surface area (Å²) < 4.78 is 27.9. The maximum atomic E-state index is 12.6. The second-order valence-corrected chi connectivity index (χ2v) is 9.61. The average molecular weight is 416 g/mol. The fourth-order valence-electron chi connectivity index (χ4n) is 4.06. The number of nitrogens with one attached hydrogen (secondary N) is 2. The van der Waals surface area contributed by atoms with E-state index in [9.17, 15) is 8.42 Å². The van der Waals surface area contributed by atoms with Gasteiger partial charge in [-0.05, 0) is 68.7 Å². The molecule has 0 bridgehead atoms. The van der Waals surface area contributed by atoms with Crippen LogP contribution in [0.2, 0.25) is 0 Å². The van der Waals surface area contributed by atoms with Crippen molar-refractivity contribution in [3.8, 4) is 0 Å². The zero-order chi connectivity index (χ0) is 20.3. The van der Waals surface area contributed by atoms with Gasteiger partial charge in [0.2, 0.25) is 16.0 Å². The highest BCUT2D eigenvalue weighted by Gasteiger charge is 2.18. The van der Waals surface area contributed by atoms with Gasteiger partial charge < -0.3 is 10.2 Å². The average Bonchev–Trinajstić information content (AvgIpc) is 3.25. The predicted octanol–water partition coefficient (Wildman–Crippen LogP) is 2.65. The summed E-state index contributed by atoms with van der Waals surface area (Å²) in [5.41, 5.74) is 3.35. The van der Waals surface area contributed by atoms with Crippen LogP contribution in [0.15, 0.2) is 29.2 Å². The molecule has 156 valence electrons. The van der Waals surface area contributed by atoms with Crippen molar-refractivity contribution in [1.82, 2.24) is 14.7 Å². The quantitative estimate of drug-likeness (QED) is 0.676. The number of aromatic nitrogens is 2. The van der Waals surface area contributed by atoms with E-state index in [1.165, 1.54) is 30.4 Å². The van der Waals surface area contributed by atoms with Crippen LogP contribution in [0.5, 0.6) is 0 Å². The van der Waals surface area contributed by atoms with Gasteiger partial charge >= 0.3 is 0 Å². The molecule has 1 aliphatic carbocycles. The van der Waals surface area contributed by atoms with Gasteiger partial charge in [-0.3, -0.25) is 0 Å². The summed E-state index contributed by atoms with van der Waals surface area (Å²) in [7, 11) is -3.52. The second kappa shape index (κ2) is 8.67. The summed E-state index contributed by atoms with van der Waals surface area (Å²) in [5.74, 6) is 1.48. The third-order valence-corrected chi connectivity index (χ3v) is 7.06. The Labute approximate surface area is 173 Å². The van der Waals surface area contributed by atoms with Crippen LogP contribution in [0.3, 0.4) is 0 Å². The molecule has 0 atom stereocenters. The minimum absolute atomic E-state index is 0.274. The van der Waals surface area contributed by atoms with Crippen LogP contribution in [-0.2, 0) is 22.9 Å². The van der Waals surface area contributed by atoms with E-state index in [1.807, 2.05) is 25.1 Å². The molecular formula is C21H29N5O2S. The first-order chi connectivity index (χ1) is 14.0. The van der Waals surface area contributed by atoms with Crippen molar-refractivity contribution >= 4 is 21.8 Å². The summed E-state index contributed by atoms with van der Waals surface area (Å²) in [5, 5.41) is 3.15. The molecule has 1 aromatic carbocycles. The molecule has 0 spiro atoms. The number of anilines is 2. The lowest BCUT2D eigenvalue weighted by molar-refractivity contribution is 0.582. The van der Waals surface area contributed by atoms with Gasteiger partial charge in [0.1, 0.15) is 5.82 Å². The van der Waals surface area contributed by atoms with Crippen molar-refractivity contribution < 1.29 is 8.42 Å². The molecule has 29 heavy (non-hydrogen) atoms. The molecule has 2 aromatic rings. The Morgan fingerprint density at radius 1 is 0.966 bits per heavy atom. The molecule has 2 aliphatic rings. The van der Waals surface area contributed by atoms with E-state index in [-0.39, 0.29) is 6.54 Å². The Morgan fingerprint density at radius 3 is 2.52 bits per heavy atom. The van der Waals surface area contributed by atoms with E-state index in [1.54, 1.807) is 6.07 Å². The van der Waals surface area contributed by atoms with Gasteiger partial charge in [0.25, 0.3) is 0 Å². The van der Waals surface area contributed by atoms with Crippen molar-refractivity contribution in [3.05, 3.63) is 41.1 Å². The Balaban J connectivity index is 1.34. The first-order valence-electron chi connectivity index (χ1n) is 10.5. The topological polar surface area (TPSA) is 87.2 Å². The third kappa shape index (κ3) is 4.87. The lowest BCUT2D eigenvalue weighted by Crippen LogP contribution is -2.29. The molecule has 1 fully saturated rings. The van der Waals surface area contributed by atoms with E-state index in [0.29, 0.717) is 17.4 Å². The summed E-state index contributed by atoms with van der Waals surface area (Å²) in [4.78, 5) is 11.6. The van der Waals surface area contributed by atoms with Crippen LogP contribution >= 0.6 is 0 Å². The molecule has 0 amide bonds. The number of rotatable bonds is 7. The zero-order valence-corrected chi connectivity index (χ0v) is 17.8. The lowest BCUT2D eigenvalue weighted by atomic mass is 9.92. The third-order valence-electron chi connectivity index (χ3n) is 5.60. The first-order valence-corrected chi connectivity index (χ1v) is 12.0. The largest absolute Gasteiger partial charge is 0.356 e. The van der Waals surface area contributed by atoms with E-state index in [4.69, 9.17) is 0 Å². The number of aryl methyl sites for hydroxylation is 3. The van der Waals surface area contributed by atoms with Gasteiger partial charge in [-0.1, -0.05) is 6.07 Å². The predicted molar refractivity (Wildman–Crippen MR) is 115 cm³/mol. The van der Waals surface area contributed by atoms with Gasteiger partial charge in [0.05, 0.1) is 4.90 Å². The van der Waals surface area contributed by atoms with Gasteiger partial charge in [0.15, 0.2) is 0 Å². The van der Waals surface area contributed by atoms with Crippen LogP contribution < -0.4 is 14.9 Å². The fourth-order valence-corrected chi connectivity index (χ4v) is 5.14. The number of nitrogens with zero attached hydrogens (tertiary/aromatic N) is 3. The minimum Gasteiger partial charge on any atom is -0.356 e. The summed E-state index contributed by atoms with van der Waals surface area (Å²) in [6.45, 7) is 4.70. The molecule has 0 saturated carbocycles.